The van der Waals surface area contributed by atoms with Crippen molar-refractivity contribution in [3.05, 3.63) is 23.9 Å². The molecular formula is C12H18N4O2. The number of anilines is 1. The van der Waals surface area contributed by atoms with E-state index < -0.39 is 0 Å². The molecule has 2 rings (SSSR count). The first-order valence-corrected chi connectivity index (χ1v) is 6.05. The van der Waals surface area contributed by atoms with Gasteiger partial charge < -0.3 is 15.2 Å². The van der Waals surface area contributed by atoms with Crippen LogP contribution < -0.4 is 5.32 Å². The number of pyridine rings is 1. The molecule has 6 nitrogen and oxygen atoms in total. The molecular weight excluding hydrogens is 232 g/mol. The Morgan fingerprint density at radius 3 is 3.17 bits per heavy atom. The van der Waals surface area contributed by atoms with Crippen molar-refractivity contribution in [1.82, 2.24) is 14.6 Å². The summed E-state index contributed by atoms with van der Waals surface area (Å²) in [6, 6.07) is 3.98. The molecule has 0 amide bonds. The fraction of sp³-hybridized carbons (Fsp3) is 0.500. The van der Waals surface area contributed by atoms with E-state index in [0.29, 0.717) is 19.2 Å². The smallest absolute Gasteiger partial charge is 0.243 e. The SMILES string of the molecule is Cc1ccn2nc(NCCCOCCO)nc2c1. The van der Waals surface area contributed by atoms with Crippen LogP contribution in [0.15, 0.2) is 18.3 Å². The van der Waals surface area contributed by atoms with Crippen molar-refractivity contribution in [2.45, 2.75) is 13.3 Å². The van der Waals surface area contributed by atoms with E-state index in [2.05, 4.69) is 15.4 Å². The van der Waals surface area contributed by atoms with Gasteiger partial charge in [0, 0.05) is 19.3 Å². The third-order valence-corrected chi connectivity index (χ3v) is 2.48. The van der Waals surface area contributed by atoms with Crippen molar-refractivity contribution in [2.24, 2.45) is 0 Å². The molecule has 0 saturated carbocycles. The van der Waals surface area contributed by atoms with E-state index in [4.69, 9.17) is 9.84 Å². The number of aliphatic hydroxyl groups is 1. The standard InChI is InChI=1S/C12H18N4O2/c1-10-3-5-16-11(9-10)14-12(15-16)13-4-2-7-18-8-6-17/h3,5,9,17H,2,4,6-8H2,1H3,(H,13,15). The Balaban J connectivity index is 1.81. The summed E-state index contributed by atoms with van der Waals surface area (Å²) in [6.45, 7) is 3.87. The van der Waals surface area contributed by atoms with E-state index in [0.717, 1.165) is 18.6 Å². The van der Waals surface area contributed by atoms with Crippen molar-refractivity contribution in [1.29, 1.82) is 0 Å². The van der Waals surface area contributed by atoms with Gasteiger partial charge in [-0.3, -0.25) is 0 Å². The quantitative estimate of drug-likeness (QED) is 0.713. The summed E-state index contributed by atoms with van der Waals surface area (Å²) in [7, 11) is 0. The second-order valence-electron chi connectivity index (χ2n) is 4.06. The average Bonchev–Trinajstić information content (AvgIpc) is 2.75. The van der Waals surface area contributed by atoms with Gasteiger partial charge in [-0.2, -0.15) is 4.98 Å². The first kappa shape index (κ1) is 12.8. The molecule has 0 aliphatic rings. The number of aliphatic hydroxyl groups excluding tert-OH is 1. The number of hydrogen-bond acceptors (Lipinski definition) is 5. The van der Waals surface area contributed by atoms with Gasteiger partial charge in [-0.1, -0.05) is 0 Å². The molecule has 0 radical (unpaired) electrons. The summed E-state index contributed by atoms with van der Waals surface area (Å²) in [5.74, 6) is 0.628. The Kier molecular flexibility index (Phi) is 4.49. The summed E-state index contributed by atoms with van der Waals surface area (Å²) < 4.78 is 6.91. The monoisotopic (exact) mass is 250 g/mol. The number of aromatic nitrogens is 3. The number of nitrogens with one attached hydrogen (secondary N) is 1. The highest BCUT2D eigenvalue weighted by molar-refractivity contribution is 5.45. The predicted octanol–water partition coefficient (Wildman–Crippen LogP) is 0.849. The first-order chi connectivity index (χ1) is 8.79. The van der Waals surface area contributed by atoms with Crippen LogP contribution in [-0.2, 0) is 4.74 Å². The number of fused-ring (bicyclic) bond motifs is 1. The topological polar surface area (TPSA) is 71.7 Å². The maximum atomic E-state index is 8.54. The molecule has 98 valence electrons. The van der Waals surface area contributed by atoms with Crippen LogP contribution in [-0.4, -0.2) is 46.1 Å². The van der Waals surface area contributed by atoms with Crippen molar-refractivity contribution >= 4 is 11.6 Å². The van der Waals surface area contributed by atoms with Gasteiger partial charge in [0.05, 0.1) is 13.2 Å². The van der Waals surface area contributed by atoms with E-state index in [1.807, 2.05) is 25.3 Å². The minimum absolute atomic E-state index is 0.0702. The Hall–Kier alpha value is -1.66. The summed E-state index contributed by atoms with van der Waals surface area (Å²) in [5, 5.41) is 16.0. The highest BCUT2D eigenvalue weighted by atomic mass is 16.5. The van der Waals surface area contributed by atoms with E-state index in [1.165, 1.54) is 5.56 Å². The highest BCUT2D eigenvalue weighted by Gasteiger charge is 2.02. The third kappa shape index (κ3) is 3.41. The average molecular weight is 250 g/mol. The molecule has 0 bridgehead atoms. The molecule has 2 heterocycles. The third-order valence-electron chi connectivity index (χ3n) is 2.48. The Morgan fingerprint density at radius 2 is 2.33 bits per heavy atom. The van der Waals surface area contributed by atoms with Gasteiger partial charge in [-0.15, -0.1) is 5.10 Å². The predicted molar refractivity (Wildman–Crippen MR) is 68.7 cm³/mol. The van der Waals surface area contributed by atoms with Crippen LogP contribution in [0, 0.1) is 6.92 Å². The molecule has 0 saturated heterocycles. The molecule has 18 heavy (non-hydrogen) atoms. The van der Waals surface area contributed by atoms with Crippen molar-refractivity contribution in [2.75, 3.05) is 31.7 Å². The lowest BCUT2D eigenvalue weighted by atomic mass is 10.3. The zero-order valence-corrected chi connectivity index (χ0v) is 10.5. The van der Waals surface area contributed by atoms with Crippen LogP contribution in [0.3, 0.4) is 0 Å². The van der Waals surface area contributed by atoms with Crippen LogP contribution in [0.5, 0.6) is 0 Å². The Labute approximate surface area is 106 Å². The molecule has 0 spiro atoms. The first-order valence-electron chi connectivity index (χ1n) is 6.05. The second-order valence-corrected chi connectivity index (χ2v) is 4.06. The molecule has 0 aliphatic heterocycles. The van der Waals surface area contributed by atoms with E-state index in [1.54, 1.807) is 4.52 Å². The van der Waals surface area contributed by atoms with Gasteiger partial charge in [0.2, 0.25) is 5.95 Å². The van der Waals surface area contributed by atoms with Gasteiger partial charge in [0.25, 0.3) is 0 Å². The second kappa shape index (κ2) is 6.32. The van der Waals surface area contributed by atoms with Gasteiger partial charge in [0.1, 0.15) is 0 Å². The Morgan fingerprint density at radius 1 is 1.44 bits per heavy atom. The fourth-order valence-electron chi connectivity index (χ4n) is 1.60. The zero-order chi connectivity index (χ0) is 12.8. The molecule has 0 aliphatic carbocycles. The maximum absolute atomic E-state index is 8.54. The molecule has 0 atom stereocenters. The number of nitrogens with zero attached hydrogens (tertiary/aromatic N) is 3. The summed E-state index contributed by atoms with van der Waals surface area (Å²) >= 11 is 0. The molecule has 0 fully saturated rings. The summed E-state index contributed by atoms with van der Waals surface area (Å²) in [5.41, 5.74) is 2.01. The highest BCUT2D eigenvalue weighted by Crippen LogP contribution is 2.07. The van der Waals surface area contributed by atoms with Crippen LogP contribution in [0.25, 0.3) is 5.65 Å². The van der Waals surface area contributed by atoms with E-state index in [9.17, 15) is 0 Å². The van der Waals surface area contributed by atoms with Crippen LogP contribution >= 0.6 is 0 Å². The van der Waals surface area contributed by atoms with E-state index >= 15 is 0 Å². The van der Waals surface area contributed by atoms with Crippen LogP contribution in [0.1, 0.15) is 12.0 Å². The normalized spacial score (nSPS) is 11.0. The van der Waals surface area contributed by atoms with Gasteiger partial charge >= 0.3 is 0 Å². The molecule has 2 aromatic rings. The number of rotatable bonds is 7. The maximum Gasteiger partial charge on any atom is 0.243 e. The minimum atomic E-state index is 0.0702. The number of ether oxygens (including phenoxy) is 1. The molecule has 6 heteroatoms. The zero-order valence-electron chi connectivity index (χ0n) is 10.5. The lowest BCUT2D eigenvalue weighted by Gasteiger charge is -2.02. The molecule has 0 aromatic carbocycles. The summed E-state index contributed by atoms with van der Waals surface area (Å²) in [6.07, 6.45) is 2.75. The van der Waals surface area contributed by atoms with Crippen LogP contribution in [0.4, 0.5) is 5.95 Å². The number of aryl methyl sites for hydroxylation is 1. The molecule has 2 N–H and O–H groups in total. The fourth-order valence-corrected chi connectivity index (χ4v) is 1.60. The largest absolute Gasteiger partial charge is 0.394 e. The number of hydrogen-bond donors (Lipinski definition) is 2. The van der Waals surface area contributed by atoms with E-state index in [-0.39, 0.29) is 6.61 Å². The Bertz CT molecular complexity index is 498. The van der Waals surface area contributed by atoms with Gasteiger partial charge in [0.15, 0.2) is 5.65 Å². The minimum Gasteiger partial charge on any atom is -0.394 e. The van der Waals surface area contributed by atoms with Crippen molar-refractivity contribution in [3.63, 3.8) is 0 Å². The molecule has 2 aromatic heterocycles. The lowest BCUT2D eigenvalue weighted by Crippen LogP contribution is -2.08. The van der Waals surface area contributed by atoms with Gasteiger partial charge in [-0.05, 0) is 31.0 Å². The van der Waals surface area contributed by atoms with Crippen molar-refractivity contribution in [3.8, 4) is 0 Å². The lowest BCUT2D eigenvalue weighted by molar-refractivity contribution is 0.0921. The molecule has 0 unspecified atom stereocenters. The van der Waals surface area contributed by atoms with Crippen LogP contribution in [0.2, 0.25) is 0 Å². The van der Waals surface area contributed by atoms with Gasteiger partial charge in [-0.25, -0.2) is 4.52 Å². The summed E-state index contributed by atoms with van der Waals surface area (Å²) in [4.78, 5) is 4.37. The van der Waals surface area contributed by atoms with Crippen molar-refractivity contribution < 1.29 is 9.84 Å².